The van der Waals surface area contributed by atoms with Crippen molar-refractivity contribution in [2.75, 3.05) is 18.5 Å². The van der Waals surface area contributed by atoms with Crippen molar-refractivity contribution in [1.82, 2.24) is 9.78 Å². The number of anilines is 1. The summed E-state index contributed by atoms with van der Waals surface area (Å²) in [7, 11) is -1.13. The standard InChI is InChI=1S/C13H25BrN4O3Si/c1-10(8-21-15)17-11-7-16-18(13(19)12(11)14)9-20-5-6-22(2,3)4/h7,10,17H,5-6,8-9,15H2,1-4H3. The molecule has 1 unspecified atom stereocenters. The van der Waals surface area contributed by atoms with Gasteiger partial charge in [0.05, 0.1) is 18.5 Å². The summed E-state index contributed by atoms with van der Waals surface area (Å²) < 4.78 is 7.26. The van der Waals surface area contributed by atoms with Crippen LogP contribution in [-0.4, -0.2) is 37.1 Å². The lowest BCUT2D eigenvalue weighted by Crippen LogP contribution is -2.29. The Morgan fingerprint density at radius 2 is 2.18 bits per heavy atom. The molecule has 1 rings (SSSR count). The minimum absolute atomic E-state index is 0.0358. The van der Waals surface area contributed by atoms with E-state index < -0.39 is 8.07 Å². The van der Waals surface area contributed by atoms with E-state index in [0.717, 1.165) is 6.04 Å². The fraction of sp³-hybridized carbons (Fsp3) is 0.692. The van der Waals surface area contributed by atoms with Gasteiger partial charge in [-0.3, -0.25) is 4.79 Å². The SMILES string of the molecule is CC(CON)Nc1cnn(COCC[Si](C)(C)C)c(=O)c1Br. The van der Waals surface area contributed by atoms with Crippen LogP contribution in [-0.2, 0) is 16.3 Å². The van der Waals surface area contributed by atoms with E-state index in [9.17, 15) is 4.79 Å². The van der Waals surface area contributed by atoms with E-state index in [1.807, 2.05) is 6.92 Å². The highest BCUT2D eigenvalue weighted by molar-refractivity contribution is 9.10. The maximum Gasteiger partial charge on any atom is 0.285 e. The Morgan fingerprint density at radius 3 is 2.77 bits per heavy atom. The predicted molar refractivity (Wildman–Crippen MR) is 93.5 cm³/mol. The van der Waals surface area contributed by atoms with Crippen LogP contribution < -0.4 is 16.8 Å². The fourth-order valence-electron chi connectivity index (χ4n) is 1.64. The Balaban J connectivity index is 2.64. The monoisotopic (exact) mass is 392 g/mol. The summed E-state index contributed by atoms with van der Waals surface area (Å²) in [5, 5.41) is 7.22. The van der Waals surface area contributed by atoms with E-state index in [1.165, 1.54) is 4.68 Å². The molecule has 0 aliphatic rings. The number of hydrogen-bond donors (Lipinski definition) is 2. The first kappa shape index (κ1) is 19.3. The zero-order valence-corrected chi connectivity index (χ0v) is 16.1. The van der Waals surface area contributed by atoms with Crippen molar-refractivity contribution < 1.29 is 9.57 Å². The van der Waals surface area contributed by atoms with Crippen LogP contribution in [0.1, 0.15) is 6.92 Å². The van der Waals surface area contributed by atoms with Crippen LogP contribution >= 0.6 is 15.9 Å². The van der Waals surface area contributed by atoms with Gasteiger partial charge in [-0.25, -0.2) is 10.6 Å². The second kappa shape index (κ2) is 8.78. The molecule has 1 atom stereocenters. The first-order chi connectivity index (χ1) is 10.2. The van der Waals surface area contributed by atoms with Crippen molar-refractivity contribution in [1.29, 1.82) is 0 Å². The molecule has 3 N–H and O–H groups in total. The molecule has 0 saturated heterocycles. The highest BCUT2D eigenvalue weighted by atomic mass is 79.9. The Labute approximate surface area is 140 Å². The van der Waals surface area contributed by atoms with E-state index in [-0.39, 0.29) is 18.3 Å². The zero-order chi connectivity index (χ0) is 16.8. The van der Waals surface area contributed by atoms with Crippen molar-refractivity contribution in [3.05, 3.63) is 21.0 Å². The Hall–Kier alpha value is -0.743. The summed E-state index contributed by atoms with van der Waals surface area (Å²) in [6, 6.07) is 1.02. The number of ether oxygens (including phenoxy) is 1. The molecule has 1 aromatic heterocycles. The van der Waals surface area contributed by atoms with E-state index in [1.54, 1.807) is 6.20 Å². The smallest absolute Gasteiger partial charge is 0.285 e. The van der Waals surface area contributed by atoms with E-state index >= 15 is 0 Å². The molecular weight excluding hydrogens is 368 g/mol. The average molecular weight is 393 g/mol. The molecular formula is C13H25BrN4O3Si. The van der Waals surface area contributed by atoms with Gasteiger partial charge in [0, 0.05) is 20.7 Å². The molecule has 22 heavy (non-hydrogen) atoms. The number of aromatic nitrogens is 2. The van der Waals surface area contributed by atoms with Gasteiger partial charge in [0.15, 0.2) is 0 Å². The molecule has 126 valence electrons. The molecule has 0 aliphatic carbocycles. The molecule has 0 amide bonds. The highest BCUT2D eigenvalue weighted by Gasteiger charge is 2.13. The van der Waals surface area contributed by atoms with Gasteiger partial charge in [-0.05, 0) is 28.9 Å². The second-order valence-electron chi connectivity index (χ2n) is 6.40. The minimum atomic E-state index is -1.13. The molecule has 0 radical (unpaired) electrons. The fourth-order valence-corrected chi connectivity index (χ4v) is 2.82. The van der Waals surface area contributed by atoms with Crippen LogP contribution in [0.25, 0.3) is 0 Å². The van der Waals surface area contributed by atoms with Crippen LogP contribution in [0, 0.1) is 0 Å². The lowest BCUT2D eigenvalue weighted by atomic mass is 10.3. The first-order valence-electron chi connectivity index (χ1n) is 7.16. The molecule has 0 bridgehead atoms. The topological polar surface area (TPSA) is 91.4 Å². The summed E-state index contributed by atoms with van der Waals surface area (Å²) in [5.41, 5.74) is 0.367. The van der Waals surface area contributed by atoms with Crippen LogP contribution in [0.5, 0.6) is 0 Å². The van der Waals surface area contributed by atoms with Gasteiger partial charge in [0.25, 0.3) is 5.56 Å². The number of rotatable bonds is 9. The molecule has 9 heteroatoms. The molecule has 1 aromatic rings. The first-order valence-corrected chi connectivity index (χ1v) is 11.7. The Bertz CT molecular complexity index is 533. The normalized spacial score (nSPS) is 13.2. The van der Waals surface area contributed by atoms with Crippen LogP contribution in [0.2, 0.25) is 25.7 Å². The van der Waals surface area contributed by atoms with Gasteiger partial charge in [0.1, 0.15) is 11.2 Å². The molecule has 1 heterocycles. The van der Waals surface area contributed by atoms with Gasteiger partial charge < -0.3 is 14.9 Å². The summed E-state index contributed by atoms with van der Waals surface area (Å²) >= 11 is 3.29. The predicted octanol–water partition coefficient (Wildman–Crippen LogP) is 2.01. The minimum Gasteiger partial charge on any atom is -0.378 e. The van der Waals surface area contributed by atoms with Crippen LogP contribution in [0.15, 0.2) is 15.5 Å². The molecule has 0 saturated carbocycles. The number of nitrogens with zero attached hydrogens (tertiary/aromatic N) is 2. The zero-order valence-electron chi connectivity index (χ0n) is 13.6. The molecule has 0 aromatic carbocycles. The molecule has 0 fully saturated rings. The van der Waals surface area contributed by atoms with Crippen LogP contribution in [0.4, 0.5) is 5.69 Å². The third-order valence-electron chi connectivity index (χ3n) is 2.94. The molecule has 0 spiro atoms. The van der Waals surface area contributed by atoms with Crippen molar-refractivity contribution in [2.45, 2.75) is 45.4 Å². The lowest BCUT2D eigenvalue weighted by Gasteiger charge is -2.17. The number of halogens is 1. The summed E-state index contributed by atoms with van der Waals surface area (Å²) in [6.45, 7) is 9.87. The van der Waals surface area contributed by atoms with Crippen LogP contribution in [0.3, 0.4) is 0 Å². The van der Waals surface area contributed by atoms with Crippen molar-refractivity contribution in [2.24, 2.45) is 5.90 Å². The van der Waals surface area contributed by atoms with Crippen molar-refractivity contribution >= 4 is 29.7 Å². The van der Waals surface area contributed by atoms with Gasteiger partial charge in [-0.1, -0.05) is 19.6 Å². The van der Waals surface area contributed by atoms with Crippen molar-refractivity contribution in [3.63, 3.8) is 0 Å². The van der Waals surface area contributed by atoms with Gasteiger partial charge in [-0.15, -0.1) is 0 Å². The van der Waals surface area contributed by atoms with Crippen molar-refractivity contribution in [3.8, 4) is 0 Å². The number of hydrogen-bond acceptors (Lipinski definition) is 6. The summed E-state index contributed by atoms with van der Waals surface area (Å²) in [6.07, 6.45) is 1.58. The molecule has 0 aliphatic heterocycles. The van der Waals surface area contributed by atoms with E-state index in [0.29, 0.717) is 23.4 Å². The van der Waals surface area contributed by atoms with E-state index in [4.69, 9.17) is 10.6 Å². The van der Waals surface area contributed by atoms with E-state index in [2.05, 4.69) is 50.8 Å². The Kier molecular flexibility index (Phi) is 7.70. The highest BCUT2D eigenvalue weighted by Crippen LogP contribution is 2.17. The number of nitrogens with one attached hydrogen (secondary N) is 1. The van der Waals surface area contributed by atoms with Gasteiger partial charge >= 0.3 is 0 Å². The largest absolute Gasteiger partial charge is 0.378 e. The summed E-state index contributed by atoms with van der Waals surface area (Å²) in [4.78, 5) is 16.8. The maximum atomic E-state index is 12.2. The van der Waals surface area contributed by atoms with Gasteiger partial charge in [0.2, 0.25) is 0 Å². The third-order valence-corrected chi connectivity index (χ3v) is 5.41. The maximum absolute atomic E-state index is 12.2. The number of nitrogens with two attached hydrogens (primary N) is 1. The Morgan fingerprint density at radius 1 is 1.50 bits per heavy atom. The summed E-state index contributed by atoms with van der Waals surface area (Å²) in [5.74, 6) is 5.03. The molecule has 7 nitrogen and oxygen atoms in total. The lowest BCUT2D eigenvalue weighted by molar-refractivity contribution is 0.0748. The second-order valence-corrected chi connectivity index (χ2v) is 12.8. The average Bonchev–Trinajstić information content (AvgIpc) is 2.41. The van der Waals surface area contributed by atoms with Gasteiger partial charge in [-0.2, -0.15) is 5.10 Å². The quantitative estimate of drug-likeness (QED) is 0.379. The third kappa shape index (κ3) is 6.57.